The van der Waals surface area contributed by atoms with Gasteiger partial charge >= 0.3 is 6.18 Å². The molecule has 140 valence electrons. The fourth-order valence-electron chi connectivity index (χ4n) is 2.51. The van der Waals surface area contributed by atoms with Crippen LogP contribution in [-0.4, -0.2) is 9.97 Å². The second kappa shape index (κ2) is 7.65. The van der Waals surface area contributed by atoms with Gasteiger partial charge in [-0.25, -0.2) is 4.98 Å². The third-order valence-corrected chi connectivity index (χ3v) is 3.94. The van der Waals surface area contributed by atoms with Gasteiger partial charge in [0.1, 0.15) is 11.4 Å². The number of hydrogen-bond donors (Lipinski definition) is 2. The monoisotopic (exact) mass is 372 g/mol. The number of hydrogen-bond acceptors (Lipinski definition) is 4. The first kappa shape index (κ1) is 18.7. The van der Waals surface area contributed by atoms with Crippen LogP contribution in [0.4, 0.5) is 36.3 Å². The summed E-state index contributed by atoms with van der Waals surface area (Å²) in [5.41, 5.74) is 1.32. The van der Waals surface area contributed by atoms with Crippen molar-refractivity contribution in [3.63, 3.8) is 0 Å². The molecule has 0 aliphatic rings. The lowest BCUT2D eigenvalue weighted by Crippen LogP contribution is -2.12. The SMILES string of the molecule is CC(C)c1cccc(Nc2nc(Nc3ccccc3)ncc2C(F)(F)F)c1. The number of aromatic nitrogens is 2. The van der Waals surface area contributed by atoms with Gasteiger partial charge in [-0.05, 0) is 35.7 Å². The fraction of sp³-hybridized carbons (Fsp3) is 0.200. The van der Waals surface area contributed by atoms with E-state index >= 15 is 0 Å². The van der Waals surface area contributed by atoms with Crippen molar-refractivity contribution in [3.05, 3.63) is 71.9 Å². The van der Waals surface area contributed by atoms with Crippen molar-refractivity contribution in [2.45, 2.75) is 25.9 Å². The smallest absolute Gasteiger partial charge is 0.340 e. The molecule has 1 aromatic heterocycles. The van der Waals surface area contributed by atoms with Gasteiger partial charge in [0.25, 0.3) is 0 Å². The highest BCUT2D eigenvalue weighted by molar-refractivity contribution is 5.63. The molecule has 0 spiro atoms. The zero-order chi connectivity index (χ0) is 19.4. The Kier molecular flexibility index (Phi) is 5.30. The van der Waals surface area contributed by atoms with Crippen LogP contribution >= 0.6 is 0 Å². The summed E-state index contributed by atoms with van der Waals surface area (Å²) in [5, 5.41) is 5.70. The number of rotatable bonds is 5. The maximum atomic E-state index is 13.4. The van der Waals surface area contributed by atoms with Crippen molar-refractivity contribution >= 4 is 23.1 Å². The van der Waals surface area contributed by atoms with Crippen molar-refractivity contribution in [3.8, 4) is 0 Å². The van der Waals surface area contributed by atoms with Crippen LogP contribution < -0.4 is 10.6 Å². The molecule has 0 fully saturated rings. The molecular weight excluding hydrogens is 353 g/mol. The second-order valence-electron chi connectivity index (χ2n) is 6.35. The number of nitrogens with zero attached hydrogens (tertiary/aromatic N) is 2. The molecular formula is C20H19F3N4. The molecule has 7 heteroatoms. The number of anilines is 4. The molecule has 0 aliphatic heterocycles. The number of nitrogens with one attached hydrogen (secondary N) is 2. The molecule has 3 rings (SSSR count). The first-order valence-corrected chi connectivity index (χ1v) is 8.46. The molecule has 3 aromatic rings. The average molecular weight is 372 g/mol. The molecule has 0 saturated carbocycles. The number of halogens is 3. The Labute approximate surface area is 155 Å². The van der Waals surface area contributed by atoms with Crippen LogP contribution in [0.2, 0.25) is 0 Å². The van der Waals surface area contributed by atoms with E-state index in [0.29, 0.717) is 11.4 Å². The van der Waals surface area contributed by atoms with Gasteiger partial charge in [-0.1, -0.05) is 44.2 Å². The Morgan fingerprint density at radius 2 is 1.59 bits per heavy atom. The quantitative estimate of drug-likeness (QED) is 0.568. The van der Waals surface area contributed by atoms with Crippen molar-refractivity contribution < 1.29 is 13.2 Å². The van der Waals surface area contributed by atoms with Crippen LogP contribution in [0.15, 0.2) is 60.8 Å². The molecule has 0 radical (unpaired) electrons. The van der Waals surface area contributed by atoms with E-state index in [1.807, 2.05) is 44.2 Å². The van der Waals surface area contributed by atoms with E-state index in [4.69, 9.17) is 0 Å². The molecule has 1 heterocycles. The van der Waals surface area contributed by atoms with Crippen LogP contribution in [0.5, 0.6) is 0 Å². The largest absolute Gasteiger partial charge is 0.421 e. The van der Waals surface area contributed by atoms with Gasteiger partial charge in [0.2, 0.25) is 5.95 Å². The Hall–Kier alpha value is -3.09. The number of benzene rings is 2. The van der Waals surface area contributed by atoms with Crippen LogP contribution in [0.1, 0.15) is 30.9 Å². The molecule has 4 nitrogen and oxygen atoms in total. The maximum Gasteiger partial charge on any atom is 0.421 e. The third kappa shape index (κ3) is 4.75. The summed E-state index contributed by atoms with van der Waals surface area (Å²) in [5.74, 6) is 0.0445. The summed E-state index contributed by atoms with van der Waals surface area (Å²) >= 11 is 0. The van der Waals surface area contributed by atoms with Crippen LogP contribution in [0.25, 0.3) is 0 Å². The lowest BCUT2D eigenvalue weighted by Gasteiger charge is -2.16. The van der Waals surface area contributed by atoms with E-state index in [1.54, 1.807) is 24.3 Å². The molecule has 0 unspecified atom stereocenters. The highest BCUT2D eigenvalue weighted by Gasteiger charge is 2.35. The minimum Gasteiger partial charge on any atom is -0.340 e. The normalized spacial score (nSPS) is 11.5. The second-order valence-corrected chi connectivity index (χ2v) is 6.35. The Bertz CT molecular complexity index is 909. The van der Waals surface area contributed by atoms with Crippen LogP contribution in [0.3, 0.4) is 0 Å². The van der Waals surface area contributed by atoms with Crippen molar-refractivity contribution in [2.75, 3.05) is 10.6 Å². The summed E-state index contributed by atoms with van der Waals surface area (Å²) < 4.78 is 40.1. The molecule has 0 aliphatic carbocycles. The van der Waals surface area contributed by atoms with Crippen molar-refractivity contribution in [1.29, 1.82) is 0 Å². The van der Waals surface area contributed by atoms with Gasteiger partial charge < -0.3 is 10.6 Å². The van der Waals surface area contributed by atoms with E-state index in [-0.39, 0.29) is 17.7 Å². The zero-order valence-corrected chi connectivity index (χ0v) is 14.9. The molecule has 2 aromatic carbocycles. The average Bonchev–Trinajstić information content (AvgIpc) is 2.62. The Balaban J connectivity index is 1.95. The third-order valence-electron chi connectivity index (χ3n) is 3.94. The topological polar surface area (TPSA) is 49.8 Å². The minimum absolute atomic E-state index is 0.0803. The van der Waals surface area contributed by atoms with Crippen molar-refractivity contribution in [1.82, 2.24) is 9.97 Å². The number of para-hydroxylation sites is 1. The predicted octanol–water partition coefficient (Wildman–Crippen LogP) is 6.11. The van der Waals surface area contributed by atoms with Gasteiger partial charge in [-0.15, -0.1) is 0 Å². The standard InChI is InChI=1S/C20H19F3N4/c1-13(2)14-7-6-10-16(11-14)25-18-17(20(21,22)23)12-24-19(27-18)26-15-8-4-3-5-9-15/h3-13H,1-2H3,(H2,24,25,26,27). The summed E-state index contributed by atoms with van der Waals surface area (Å²) in [6, 6.07) is 16.3. The first-order valence-electron chi connectivity index (χ1n) is 8.46. The summed E-state index contributed by atoms with van der Waals surface area (Å²) in [4.78, 5) is 7.86. The van der Waals surface area contributed by atoms with E-state index in [0.717, 1.165) is 11.8 Å². The molecule has 0 bridgehead atoms. The minimum atomic E-state index is -4.57. The van der Waals surface area contributed by atoms with E-state index in [2.05, 4.69) is 20.6 Å². The van der Waals surface area contributed by atoms with Gasteiger partial charge in [0, 0.05) is 17.6 Å². The first-order chi connectivity index (χ1) is 12.8. The van der Waals surface area contributed by atoms with Crippen LogP contribution in [0, 0.1) is 0 Å². The molecule has 0 amide bonds. The zero-order valence-electron chi connectivity index (χ0n) is 14.9. The summed E-state index contributed by atoms with van der Waals surface area (Å²) in [6.07, 6.45) is -3.78. The fourth-order valence-corrected chi connectivity index (χ4v) is 2.51. The summed E-state index contributed by atoms with van der Waals surface area (Å²) in [6.45, 7) is 4.04. The molecule has 2 N–H and O–H groups in total. The van der Waals surface area contributed by atoms with E-state index in [1.165, 1.54) is 0 Å². The summed E-state index contributed by atoms with van der Waals surface area (Å²) in [7, 11) is 0. The lowest BCUT2D eigenvalue weighted by molar-refractivity contribution is -0.137. The Morgan fingerprint density at radius 3 is 2.26 bits per heavy atom. The molecule has 27 heavy (non-hydrogen) atoms. The van der Waals surface area contributed by atoms with Crippen molar-refractivity contribution in [2.24, 2.45) is 0 Å². The molecule has 0 atom stereocenters. The van der Waals surface area contributed by atoms with E-state index in [9.17, 15) is 13.2 Å². The maximum absolute atomic E-state index is 13.4. The highest BCUT2D eigenvalue weighted by Crippen LogP contribution is 2.35. The highest BCUT2D eigenvalue weighted by atomic mass is 19.4. The Morgan fingerprint density at radius 1 is 0.889 bits per heavy atom. The van der Waals surface area contributed by atoms with Gasteiger partial charge in [0.15, 0.2) is 0 Å². The lowest BCUT2D eigenvalue weighted by atomic mass is 10.0. The van der Waals surface area contributed by atoms with Crippen LogP contribution in [-0.2, 0) is 6.18 Å². The predicted molar refractivity (Wildman–Crippen MR) is 101 cm³/mol. The molecule has 0 saturated heterocycles. The van der Waals surface area contributed by atoms with Gasteiger partial charge in [-0.3, -0.25) is 0 Å². The van der Waals surface area contributed by atoms with Gasteiger partial charge in [0.05, 0.1) is 0 Å². The number of alkyl halides is 3. The van der Waals surface area contributed by atoms with E-state index < -0.39 is 11.7 Å². The van der Waals surface area contributed by atoms with Gasteiger partial charge in [-0.2, -0.15) is 18.2 Å².